The van der Waals surface area contributed by atoms with Crippen molar-refractivity contribution in [3.8, 4) is 11.8 Å². The molecule has 2 aromatic carbocycles. The number of nitrogens with zero attached hydrogens (tertiary/aromatic N) is 1. The van der Waals surface area contributed by atoms with Crippen LogP contribution in [0.15, 0.2) is 52.5 Å². The maximum Gasteiger partial charge on any atom is 0.203 e. The molecule has 0 saturated heterocycles. The number of nitriles is 1. The first kappa shape index (κ1) is 15.9. The van der Waals surface area contributed by atoms with E-state index in [-0.39, 0.29) is 11.1 Å². The second kappa shape index (κ2) is 7.01. The lowest BCUT2D eigenvalue weighted by Crippen LogP contribution is -2.02. The van der Waals surface area contributed by atoms with Crippen molar-refractivity contribution < 1.29 is 13.9 Å². The van der Waals surface area contributed by atoms with Gasteiger partial charge in [0, 0.05) is 15.6 Å². The minimum atomic E-state index is -0.510. The van der Waals surface area contributed by atoms with Gasteiger partial charge in [0.25, 0.3) is 0 Å². The molecule has 22 heavy (non-hydrogen) atoms. The van der Waals surface area contributed by atoms with Crippen molar-refractivity contribution in [2.75, 3.05) is 7.11 Å². The molecule has 0 N–H and O–H groups in total. The van der Waals surface area contributed by atoms with Crippen LogP contribution < -0.4 is 4.74 Å². The zero-order valence-corrected chi connectivity index (χ0v) is 13.2. The molecular weight excluding hydrogens is 349 g/mol. The molecule has 5 heteroatoms. The maximum absolute atomic E-state index is 13.8. The Bertz CT molecular complexity index is 776. The summed E-state index contributed by atoms with van der Waals surface area (Å²) in [5.74, 6) is -0.366. The second-order valence-electron chi connectivity index (χ2n) is 4.39. The summed E-state index contributed by atoms with van der Waals surface area (Å²) in [5.41, 5.74) is 0.388. The molecule has 0 unspecified atom stereocenters. The smallest absolute Gasteiger partial charge is 0.203 e. The third-order valence-corrected chi connectivity index (χ3v) is 3.47. The summed E-state index contributed by atoms with van der Waals surface area (Å²) in [6.45, 7) is 0. The Morgan fingerprint density at radius 2 is 1.95 bits per heavy atom. The van der Waals surface area contributed by atoms with Crippen molar-refractivity contribution in [2.45, 2.75) is 0 Å². The molecule has 3 nitrogen and oxygen atoms in total. The molecule has 0 aromatic heterocycles. The van der Waals surface area contributed by atoms with Gasteiger partial charge in [-0.25, -0.2) is 4.39 Å². The monoisotopic (exact) mass is 359 g/mol. The van der Waals surface area contributed by atoms with E-state index in [9.17, 15) is 9.18 Å². The summed E-state index contributed by atoms with van der Waals surface area (Å²) in [6, 6.07) is 12.6. The van der Waals surface area contributed by atoms with E-state index in [1.807, 2.05) is 6.07 Å². The number of halogens is 2. The number of hydrogen-bond acceptors (Lipinski definition) is 3. The maximum atomic E-state index is 13.8. The van der Waals surface area contributed by atoms with E-state index in [0.29, 0.717) is 15.8 Å². The normalized spacial score (nSPS) is 10.9. The predicted octanol–water partition coefficient (Wildman–Crippen LogP) is 4.39. The molecule has 0 aliphatic rings. The van der Waals surface area contributed by atoms with Crippen molar-refractivity contribution in [1.29, 1.82) is 5.26 Å². The lowest BCUT2D eigenvalue weighted by molar-refractivity contribution is 0.104. The predicted molar refractivity (Wildman–Crippen MR) is 85.0 cm³/mol. The minimum Gasteiger partial charge on any atom is -0.497 e. The summed E-state index contributed by atoms with van der Waals surface area (Å²) in [5, 5.41) is 9.17. The van der Waals surface area contributed by atoms with Crippen molar-refractivity contribution in [2.24, 2.45) is 0 Å². The van der Waals surface area contributed by atoms with Gasteiger partial charge >= 0.3 is 0 Å². The van der Waals surface area contributed by atoms with Crippen molar-refractivity contribution in [3.63, 3.8) is 0 Å². The van der Waals surface area contributed by atoms with Gasteiger partial charge in [-0.3, -0.25) is 4.79 Å². The number of benzene rings is 2. The number of hydrogen-bond donors (Lipinski definition) is 0. The fourth-order valence-electron chi connectivity index (χ4n) is 1.82. The first-order valence-electron chi connectivity index (χ1n) is 6.30. The van der Waals surface area contributed by atoms with E-state index in [2.05, 4.69) is 15.9 Å². The molecule has 0 saturated carbocycles. The highest BCUT2D eigenvalue weighted by Crippen LogP contribution is 2.20. The van der Waals surface area contributed by atoms with Gasteiger partial charge in [-0.05, 0) is 42.5 Å². The highest BCUT2D eigenvalue weighted by atomic mass is 79.9. The number of ketones is 1. The molecule has 110 valence electrons. The van der Waals surface area contributed by atoms with Gasteiger partial charge < -0.3 is 4.74 Å². The molecule has 0 amide bonds. The van der Waals surface area contributed by atoms with Crippen LogP contribution in [-0.2, 0) is 0 Å². The van der Waals surface area contributed by atoms with Crippen LogP contribution in [0.5, 0.6) is 5.75 Å². The van der Waals surface area contributed by atoms with Crippen LogP contribution in [0.2, 0.25) is 0 Å². The fraction of sp³-hybridized carbons (Fsp3) is 0.0588. The lowest BCUT2D eigenvalue weighted by Gasteiger charge is -2.03. The fourth-order valence-corrected chi connectivity index (χ4v) is 2.15. The number of Topliss-reactive ketones (excluding diaryl/α,β-unsaturated/α-hetero) is 1. The first-order chi connectivity index (χ1) is 10.5. The van der Waals surface area contributed by atoms with Gasteiger partial charge in [0.1, 0.15) is 23.2 Å². The minimum absolute atomic E-state index is 0.133. The molecule has 0 fully saturated rings. The number of ether oxygens (including phenoxy) is 1. The number of methoxy groups -OCH3 is 1. The molecule has 0 spiro atoms. The Hall–Kier alpha value is -2.45. The quantitative estimate of drug-likeness (QED) is 0.462. The van der Waals surface area contributed by atoms with Crippen molar-refractivity contribution in [3.05, 3.63) is 69.5 Å². The topological polar surface area (TPSA) is 50.1 Å². The SMILES string of the molecule is COc1ccc(C(=O)/C(C#N)=C/c2ccc(Br)cc2F)cc1. The van der Waals surface area contributed by atoms with Crippen LogP contribution in [0.25, 0.3) is 6.08 Å². The van der Waals surface area contributed by atoms with E-state index >= 15 is 0 Å². The van der Waals surface area contributed by atoms with Gasteiger partial charge in [-0.2, -0.15) is 5.26 Å². The second-order valence-corrected chi connectivity index (χ2v) is 5.31. The average Bonchev–Trinajstić information content (AvgIpc) is 2.54. The van der Waals surface area contributed by atoms with E-state index in [1.54, 1.807) is 30.3 Å². The van der Waals surface area contributed by atoms with E-state index in [0.717, 1.165) is 0 Å². The number of carbonyl (C=O) groups excluding carboxylic acids is 1. The van der Waals surface area contributed by atoms with Crippen LogP contribution in [0.4, 0.5) is 4.39 Å². The van der Waals surface area contributed by atoms with Crippen molar-refractivity contribution in [1.82, 2.24) is 0 Å². The highest BCUT2D eigenvalue weighted by molar-refractivity contribution is 9.10. The molecule has 0 aliphatic heterocycles. The first-order valence-corrected chi connectivity index (χ1v) is 7.10. The molecule has 0 atom stereocenters. The summed E-state index contributed by atoms with van der Waals surface area (Å²) < 4.78 is 19.4. The highest BCUT2D eigenvalue weighted by Gasteiger charge is 2.13. The van der Waals surface area contributed by atoms with Crippen molar-refractivity contribution >= 4 is 27.8 Å². The molecule has 0 radical (unpaired) electrons. The Kier molecular flexibility index (Phi) is 5.08. The van der Waals surface area contributed by atoms with Gasteiger partial charge in [-0.15, -0.1) is 0 Å². The van der Waals surface area contributed by atoms with Crippen LogP contribution in [-0.4, -0.2) is 12.9 Å². The summed E-state index contributed by atoms with van der Waals surface area (Å²) in [4.78, 5) is 12.3. The zero-order chi connectivity index (χ0) is 16.1. The zero-order valence-electron chi connectivity index (χ0n) is 11.6. The molecular formula is C17H11BrFNO2. The molecule has 0 heterocycles. The lowest BCUT2D eigenvalue weighted by atomic mass is 10.0. The van der Waals surface area contributed by atoms with Gasteiger partial charge in [0.05, 0.1) is 7.11 Å². The third kappa shape index (κ3) is 3.60. The molecule has 2 aromatic rings. The standard InChI is InChI=1S/C17H11BrFNO2/c1-22-15-6-3-11(4-7-15)17(21)13(10-20)8-12-2-5-14(18)9-16(12)19/h2-9H,1H3/b13-8+. The Morgan fingerprint density at radius 1 is 1.27 bits per heavy atom. The van der Waals surface area contributed by atoms with E-state index in [1.165, 1.54) is 25.3 Å². The number of allylic oxidation sites excluding steroid dienone is 1. The third-order valence-electron chi connectivity index (χ3n) is 2.98. The summed E-state index contributed by atoms with van der Waals surface area (Å²) in [7, 11) is 1.52. The molecule has 0 aliphatic carbocycles. The summed E-state index contributed by atoms with van der Waals surface area (Å²) >= 11 is 3.15. The van der Waals surface area contributed by atoms with Crippen LogP contribution in [0.3, 0.4) is 0 Å². The Balaban J connectivity index is 2.36. The van der Waals surface area contributed by atoms with E-state index in [4.69, 9.17) is 10.00 Å². The Morgan fingerprint density at radius 3 is 2.50 bits per heavy atom. The molecule has 2 rings (SSSR count). The van der Waals surface area contributed by atoms with Crippen LogP contribution in [0.1, 0.15) is 15.9 Å². The van der Waals surface area contributed by atoms with E-state index < -0.39 is 11.6 Å². The largest absolute Gasteiger partial charge is 0.497 e. The van der Waals surface area contributed by atoms with Crippen LogP contribution >= 0.6 is 15.9 Å². The van der Waals surface area contributed by atoms with Crippen LogP contribution in [0, 0.1) is 17.1 Å². The number of rotatable bonds is 4. The summed E-state index contributed by atoms with van der Waals surface area (Å²) in [6.07, 6.45) is 1.24. The van der Waals surface area contributed by atoms with Gasteiger partial charge in [-0.1, -0.05) is 22.0 Å². The Labute approximate surface area is 135 Å². The number of carbonyl (C=O) groups is 1. The molecule has 0 bridgehead atoms. The van der Waals surface area contributed by atoms with Gasteiger partial charge in [0.2, 0.25) is 5.78 Å². The average molecular weight is 360 g/mol. The van der Waals surface area contributed by atoms with Gasteiger partial charge in [0.15, 0.2) is 0 Å².